The average Bonchev–Trinajstić information content (AvgIpc) is 2.56. The van der Waals surface area contributed by atoms with Crippen LogP contribution in [0.2, 0.25) is 0 Å². The predicted octanol–water partition coefficient (Wildman–Crippen LogP) is 2.90. The summed E-state index contributed by atoms with van der Waals surface area (Å²) >= 11 is 0. The van der Waals surface area contributed by atoms with Gasteiger partial charge < -0.3 is 0 Å². The normalized spacial score (nSPS) is 11.9. The van der Waals surface area contributed by atoms with E-state index in [1.165, 1.54) is 25.7 Å². The van der Waals surface area contributed by atoms with Crippen LogP contribution in [-0.4, -0.2) is 10.1 Å². The van der Waals surface area contributed by atoms with Crippen molar-refractivity contribution in [2.75, 3.05) is 0 Å². The smallest absolute Gasteiger partial charge is 0.296 e. The molecule has 0 atom stereocenters. The highest BCUT2D eigenvalue weighted by atomic mass is 16.5. The van der Waals surface area contributed by atoms with Gasteiger partial charge in [-0.2, -0.15) is 0 Å². The Morgan fingerprint density at radius 3 is 2.44 bits per heavy atom. The second-order valence-electron chi connectivity index (χ2n) is 5.52. The molecule has 16 heavy (non-hydrogen) atoms. The third-order valence-corrected chi connectivity index (χ3v) is 2.58. The lowest BCUT2D eigenvalue weighted by Crippen LogP contribution is -2.04. The van der Waals surface area contributed by atoms with Crippen LogP contribution >= 0.6 is 0 Å². The fourth-order valence-corrected chi connectivity index (χ4v) is 1.67. The Hall–Kier alpha value is -1.06. The van der Waals surface area contributed by atoms with E-state index in [1.54, 1.807) is 0 Å². The van der Waals surface area contributed by atoms with Gasteiger partial charge in [-0.25, -0.2) is 4.79 Å². The Balaban J connectivity index is 2.02. The molecule has 0 fully saturated rings. The third-order valence-electron chi connectivity index (χ3n) is 2.58. The number of nitrogens with zero attached hydrogens (tertiary/aromatic N) is 1. The van der Waals surface area contributed by atoms with Crippen LogP contribution in [0.3, 0.4) is 0 Å². The monoisotopic (exact) mass is 226 g/mol. The summed E-state index contributed by atoms with van der Waals surface area (Å²) in [5.74, 6) is 0.212. The van der Waals surface area contributed by atoms with E-state index < -0.39 is 5.76 Å². The highest BCUT2D eigenvalue weighted by Crippen LogP contribution is 2.22. The maximum atomic E-state index is 10.7. The first-order valence-electron chi connectivity index (χ1n) is 6.02. The van der Waals surface area contributed by atoms with Gasteiger partial charge in [-0.15, -0.1) is 0 Å². The lowest BCUT2D eigenvalue weighted by atomic mass is 9.89. The summed E-state index contributed by atoms with van der Waals surface area (Å²) in [6.07, 6.45) is 6.85. The summed E-state index contributed by atoms with van der Waals surface area (Å²) < 4.78 is 4.43. The molecule has 1 aromatic rings. The number of unbranched alkanes of at least 4 members (excludes halogenated alkanes) is 3. The van der Waals surface area contributed by atoms with E-state index in [-0.39, 0.29) is 0 Å². The third kappa shape index (κ3) is 5.73. The summed E-state index contributed by atoms with van der Waals surface area (Å²) in [5.41, 5.74) is 0.442. The lowest BCUT2D eigenvalue weighted by Gasteiger charge is -2.17. The Kier molecular flexibility index (Phi) is 4.77. The number of aryl methyl sites for hydroxylation is 1. The summed E-state index contributed by atoms with van der Waals surface area (Å²) in [5, 5.41) is 3.63. The molecule has 0 aliphatic carbocycles. The molecule has 0 bridgehead atoms. The van der Waals surface area contributed by atoms with Gasteiger partial charge in [0.15, 0.2) is 5.82 Å². The van der Waals surface area contributed by atoms with Crippen molar-refractivity contribution in [2.24, 2.45) is 5.41 Å². The molecule has 4 heteroatoms. The van der Waals surface area contributed by atoms with Crippen LogP contribution < -0.4 is 5.76 Å². The van der Waals surface area contributed by atoms with Crippen LogP contribution in [0.4, 0.5) is 0 Å². The van der Waals surface area contributed by atoms with Gasteiger partial charge in [-0.3, -0.25) is 9.51 Å². The standard InChI is InChI=1S/C12H22N2O2/c1-12(2,3)9-7-5-4-6-8-10-13-11(15)16-14-10/h4-9H2,1-3H3,(H,13,14,15). The van der Waals surface area contributed by atoms with E-state index in [1.807, 2.05) is 0 Å². The van der Waals surface area contributed by atoms with Gasteiger partial charge in [0.05, 0.1) is 0 Å². The lowest BCUT2D eigenvalue weighted by molar-refractivity contribution is 0.356. The van der Waals surface area contributed by atoms with E-state index in [0.29, 0.717) is 11.2 Å². The Morgan fingerprint density at radius 2 is 1.88 bits per heavy atom. The summed E-state index contributed by atoms with van der Waals surface area (Å²) in [7, 11) is 0. The van der Waals surface area contributed by atoms with Crippen molar-refractivity contribution < 1.29 is 4.52 Å². The molecule has 0 spiro atoms. The molecule has 0 unspecified atom stereocenters. The van der Waals surface area contributed by atoms with Crippen LogP contribution in [0.15, 0.2) is 9.32 Å². The number of aromatic amines is 1. The van der Waals surface area contributed by atoms with Crippen molar-refractivity contribution in [2.45, 2.75) is 59.3 Å². The first kappa shape index (κ1) is 13.0. The predicted molar refractivity (Wildman–Crippen MR) is 63.4 cm³/mol. The molecule has 4 nitrogen and oxygen atoms in total. The zero-order chi connectivity index (χ0) is 12.0. The van der Waals surface area contributed by atoms with Crippen molar-refractivity contribution in [3.8, 4) is 0 Å². The molecule has 0 aromatic carbocycles. The molecule has 1 heterocycles. The van der Waals surface area contributed by atoms with Crippen molar-refractivity contribution >= 4 is 0 Å². The molecule has 0 saturated heterocycles. The average molecular weight is 226 g/mol. The number of nitrogens with one attached hydrogen (secondary N) is 1. The molecule has 0 saturated carbocycles. The number of rotatable bonds is 6. The maximum absolute atomic E-state index is 10.7. The molecule has 1 aromatic heterocycles. The Labute approximate surface area is 96.4 Å². The Bertz CT molecular complexity index is 346. The van der Waals surface area contributed by atoms with Crippen molar-refractivity contribution in [1.29, 1.82) is 0 Å². The quantitative estimate of drug-likeness (QED) is 0.759. The van der Waals surface area contributed by atoms with E-state index in [2.05, 4.69) is 35.4 Å². The Morgan fingerprint density at radius 1 is 1.19 bits per heavy atom. The molecule has 0 aliphatic rings. The van der Waals surface area contributed by atoms with E-state index >= 15 is 0 Å². The fraction of sp³-hybridized carbons (Fsp3) is 0.833. The largest absolute Gasteiger partial charge is 0.438 e. The minimum Gasteiger partial charge on any atom is -0.296 e. The highest BCUT2D eigenvalue weighted by molar-refractivity contribution is 4.77. The van der Waals surface area contributed by atoms with Crippen LogP contribution in [0.1, 0.15) is 58.7 Å². The molecule has 1 rings (SSSR count). The summed E-state index contributed by atoms with van der Waals surface area (Å²) in [6, 6.07) is 0. The van der Waals surface area contributed by atoms with Crippen LogP contribution in [-0.2, 0) is 6.42 Å². The number of hydrogen-bond acceptors (Lipinski definition) is 3. The van der Waals surface area contributed by atoms with Crippen LogP contribution in [0, 0.1) is 5.41 Å². The molecule has 1 N–H and O–H groups in total. The van der Waals surface area contributed by atoms with Crippen LogP contribution in [0.25, 0.3) is 0 Å². The van der Waals surface area contributed by atoms with E-state index in [4.69, 9.17) is 0 Å². The van der Waals surface area contributed by atoms with Gasteiger partial charge >= 0.3 is 5.76 Å². The number of aromatic nitrogens is 2. The highest BCUT2D eigenvalue weighted by Gasteiger charge is 2.08. The molecule has 0 radical (unpaired) electrons. The second-order valence-corrected chi connectivity index (χ2v) is 5.52. The SMILES string of the molecule is CC(C)(C)CCCCCCc1noc(=O)[nH]1. The zero-order valence-corrected chi connectivity index (χ0v) is 10.5. The minimum absolute atomic E-state index is 0.442. The maximum Gasteiger partial charge on any atom is 0.438 e. The number of hydrogen-bond donors (Lipinski definition) is 1. The summed E-state index contributed by atoms with van der Waals surface area (Å²) in [6.45, 7) is 6.81. The van der Waals surface area contributed by atoms with Crippen LogP contribution in [0.5, 0.6) is 0 Å². The number of H-pyrrole nitrogens is 1. The fourth-order valence-electron chi connectivity index (χ4n) is 1.67. The van der Waals surface area contributed by atoms with Gasteiger partial charge in [0, 0.05) is 6.42 Å². The minimum atomic E-state index is -0.456. The van der Waals surface area contributed by atoms with E-state index in [9.17, 15) is 4.79 Å². The molecule has 0 aliphatic heterocycles. The first-order valence-corrected chi connectivity index (χ1v) is 6.02. The molecular formula is C12H22N2O2. The molecule has 92 valence electrons. The summed E-state index contributed by atoms with van der Waals surface area (Å²) in [4.78, 5) is 13.2. The van der Waals surface area contributed by atoms with Gasteiger partial charge in [-0.1, -0.05) is 45.2 Å². The van der Waals surface area contributed by atoms with E-state index in [0.717, 1.165) is 12.8 Å². The first-order chi connectivity index (χ1) is 7.47. The second kappa shape index (κ2) is 5.87. The molecule has 0 amide bonds. The van der Waals surface area contributed by atoms with Gasteiger partial charge in [0.2, 0.25) is 0 Å². The van der Waals surface area contributed by atoms with Crippen molar-refractivity contribution in [3.63, 3.8) is 0 Å². The van der Waals surface area contributed by atoms with Gasteiger partial charge in [0.25, 0.3) is 0 Å². The van der Waals surface area contributed by atoms with Crippen molar-refractivity contribution in [1.82, 2.24) is 10.1 Å². The topological polar surface area (TPSA) is 58.9 Å². The van der Waals surface area contributed by atoms with Gasteiger partial charge in [-0.05, 0) is 18.3 Å². The van der Waals surface area contributed by atoms with Crippen molar-refractivity contribution in [3.05, 3.63) is 16.4 Å². The zero-order valence-electron chi connectivity index (χ0n) is 10.5. The van der Waals surface area contributed by atoms with Gasteiger partial charge in [0.1, 0.15) is 0 Å². The molecular weight excluding hydrogens is 204 g/mol.